The summed E-state index contributed by atoms with van der Waals surface area (Å²) in [6, 6.07) is 4.83. The molecular formula is C23H27F4N5S. The normalized spacial score (nSPS) is 22.4. The van der Waals surface area contributed by atoms with Gasteiger partial charge in [-0.1, -0.05) is 30.0 Å². The Morgan fingerprint density at radius 1 is 1.27 bits per heavy atom. The molecule has 5 nitrogen and oxygen atoms in total. The molecule has 2 aromatic rings. The van der Waals surface area contributed by atoms with E-state index in [1.165, 1.54) is 13.0 Å². The van der Waals surface area contributed by atoms with E-state index in [1.807, 2.05) is 0 Å². The Morgan fingerprint density at radius 3 is 2.73 bits per heavy atom. The van der Waals surface area contributed by atoms with Crippen LogP contribution in [0.5, 0.6) is 0 Å². The molecular weight excluding hydrogens is 454 g/mol. The maximum Gasteiger partial charge on any atom is 0.275 e. The summed E-state index contributed by atoms with van der Waals surface area (Å²) in [4.78, 5) is 10.5. The molecule has 2 atom stereocenters. The Morgan fingerprint density at radius 2 is 2.03 bits per heavy atom. The van der Waals surface area contributed by atoms with Crippen LogP contribution in [0.15, 0.2) is 36.0 Å². The van der Waals surface area contributed by atoms with Crippen molar-refractivity contribution in [2.45, 2.75) is 49.5 Å². The van der Waals surface area contributed by atoms with E-state index in [0.717, 1.165) is 0 Å². The van der Waals surface area contributed by atoms with Crippen LogP contribution in [0.2, 0.25) is 0 Å². The highest BCUT2D eigenvalue weighted by atomic mass is 32.2. The number of anilines is 2. The van der Waals surface area contributed by atoms with Gasteiger partial charge in [0.15, 0.2) is 0 Å². The zero-order chi connectivity index (χ0) is 24.0. The summed E-state index contributed by atoms with van der Waals surface area (Å²) in [6.07, 6.45) is 1.75. The molecule has 3 N–H and O–H groups in total. The molecule has 2 unspecified atom stereocenters. The number of hydrogen-bond acceptors (Lipinski definition) is 5. The zero-order valence-electron chi connectivity index (χ0n) is 18.4. The summed E-state index contributed by atoms with van der Waals surface area (Å²) in [5, 5.41) is 9.53. The number of aryl methyl sites for hydroxylation is 1. The van der Waals surface area contributed by atoms with Gasteiger partial charge < -0.3 is 10.2 Å². The van der Waals surface area contributed by atoms with Crippen LogP contribution in [-0.4, -0.2) is 34.9 Å². The fourth-order valence-corrected chi connectivity index (χ4v) is 4.75. The topological polar surface area (TPSA) is 67.1 Å². The molecule has 1 aliphatic heterocycles. The van der Waals surface area contributed by atoms with Crippen LogP contribution >= 0.6 is 10.7 Å². The minimum atomic E-state index is -3.00. The van der Waals surface area contributed by atoms with E-state index in [1.54, 1.807) is 23.2 Å². The Labute approximate surface area is 193 Å². The lowest BCUT2D eigenvalue weighted by molar-refractivity contribution is -0.0652. The van der Waals surface area contributed by atoms with Crippen molar-refractivity contribution in [2.24, 2.45) is 11.1 Å². The van der Waals surface area contributed by atoms with Gasteiger partial charge in [0.2, 0.25) is 0 Å². The summed E-state index contributed by atoms with van der Waals surface area (Å²) >= 11 is 0. The molecule has 0 aromatic carbocycles. The van der Waals surface area contributed by atoms with E-state index in [4.69, 9.17) is 5.14 Å². The summed E-state index contributed by atoms with van der Waals surface area (Å²) in [7, 11) is -0.802. The van der Waals surface area contributed by atoms with Crippen molar-refractivity contribution in [3.8, 4) is 0 Å². The molecule has 1 saturated heterocycles. The Balaban J connectivity index is 1.74. The summed E-state index contributed by atoms with van der Waals surface area (Å²) < 4.78 is 57.7. The van der Waals surface area contributed by atoms with Gasteiger partial charge in [-0.05, 0) is 31.0 Å². The lowest BCUT2D eigenvalue weighted by Crippen LogP contribution is -2.46. The average Bonchev–Trinajstić information content (AvgIpc) is 2.75. The largest absolute Gasteiger partial charge is 0.355 e. The first-order valence-corrected chi connectivity index (χ1v) is 12.2. The van der Waals surface area contributed by atoms with Crippen LogP contribution in [0.3, 0.4) is 0 Å². The average molecular weight is 482 g/mol. The third-order valence-corrected chi connectivity index (χ3v) is 6.99. The number of aromatic nitrogens is 2. The van der Waals surface area contributed by atoms with Gasteiger partial charge in [0.25, 0.3) is 11.8 Å². The Hall–Kier alpha value is -2.46. The number of fused-ring (bicyclic) bond motifs is 1. The highest BCUT2D eigenvalue weighted by Crippen LogP contribution is 2.43. The molecule has 33 heavy (non-hydrogen) atoms. The van der Waals surface area contributed by atoms with Crippen molar-refractivity contribution in [1.29, 1.82) is 0 Å². The Bertz CT molecular complexity index is 1100. The highest BCUT2D eigenvalue weighted by Gasteiger charge is 2.43. The fraction of sp³-hybridized carbons (Fsp3) is 0.435. The molecule has 0 radical (unpaired) electrons. The molecule has 4 rings (SSSR count). The van der Waals surface area contributed by atoms with E-state index in [0.29, 0.717) is 46.3 Å². The predicted molar refractivity (Wildman–Crippen MR) is 126 cm³/mol. The number of hydrogen-bond donors (Lipinski definition) is 2. The zero-order valence-corrected chi connectivity index (χ0v) is 19.2. The number of piperidine rings is 1. The molecule has 10 heteroatoms. The number of alkyl halides is 4. The van der Waals surface area contributed by atoms with Crippen LogP contribution < -0.4 is 15.4 Å². The number of nitrogens with two attached hydrogens (primary N) is 1. The minimum Gasteiger partial charge on any atom is -0.355 e. The van der Waals surface area contributed by atoms with Gasteiger partial charge in [0.1, 0.15) is 10.8 Å². The fourth-order valence-electron chi connectivity index (χ4n) is 4.27. The number of rotatable bonds is 5. The second-order valence-electron chi connectivity index (χ2n) is 8.69. The molecule has 3 heterocycles. The molecule has 1 fully saturated rings. The molecule has 1 aliphatic carbocycles. The number of halogens is 4. The standard InChI is InChI=1S/C23H27F4N5S/c1-14-13-32(10-8-22(14,24)25)21-17(12-18-19(31-21)5-4-7-23(18,26)27)15(2)30-16-6-9-29-20(11-16)33(3)28/h6,9,11-12,14H,2-5,7-8,10,13,28H2,1H3,(H,29,30). The third kappa shape index (κ3) is 4.77. The van der Waals surface area contributed by atoms with Crippen molar-refractivity contribution >= 4 is 33.7 Å². The number of nitrogens with zero attached hydrogens (tertiary/aromatic N) is 3. The van der Waals surface area contributed by atoms with Crippen molar-refractivity contribution in [1.82, 2.24) is 9.97 Å². The first-order chi connectivity index (χ1) is 15.5. The van der Waals surface area contributed by atoms with Crippen molar-refractivity contribution in [2.75, 3.05) is 23.3 Å². The van der Waals surface area contributed by atoms with E-state index in [9.17, 15) is 17.6 Å². The predicted octanol–water partition coefficient (Wildman–Crippen LogP) is 5.40. The maximum absolute atomic E-state index is 14.7. The smallest absolute Gasteiger partial charge is 0.275 e. The van der Waals surface area contributed by atoms with Crippen LogP contribution in [0.4, 0.5) is 29.1 Å². The maximum atomic E-state index is 14.7. The quantitative estimate of drug-likeness (QED) is 0.442. The molecule has 2 aromatic heterocycles. The monoisotopic (exact) mass is 481 g/mol. The summed E-state index contributed by atoms with van der Waals surface area (Å²) in [5.41, 5.74) is 1.52. The minimum absolute atomic E-state index is 0.0757. The SMILES string of the molecule is C=C(Nc1ccnc(S(=C)N)c1)c1cc2c(nc1N1CCC(F)(F)C(C)C1)CCCC2(F)F. The van der Waals surface area contributed by atoms with Gasteiger partial charge in [-0.25, -0.2) is 27.5 Å². The van der Waals surface area contributed by atoms with Crippen molar-refractivity contribution in [3.05, 3.63) is 47.8 Å². The highest BCUT2D eigenvalue weighted by molar-refractivity contribution is 8.12. The molecule has 0 saturated carbocycles. The van der Waals surface area contributed by atoms with Gasteiger partial charge in [-0.2, -0.15) is 0 Å². The lowest BCUT2D eigenvalue weighted by atomic mass is 9.90. The van der Waals surface area contributed by atoms with E-state index in [-0.39, 0.29) is 31.5 Å². The first kappa shape index (κ1) is 23.7. The summed E-state index contributed by atoms with van der Waals surface area (Å²) in [5.74, 6) is -2.48. The first-order valence-electron chi connectivity index (χ1n) is 10.7. The second kappa shape index (κ2) is 8.72. The van der Waals surface area contributed by atoms with E-state index in [2.05, 4.69) is 27.7 Å². The second-order valence-corrected chi connectivity index (χ2v) is 9.96. The van der Waals surface area contributed by atoms with Gasteiger partial charge in [0.05, 0.1) is 5.69 Å². The van der Waals surface area contributed by atoms with Crippen molar-refractivity contribution in [3.63, 3.8) is 0 Å². The van der Waals surface area contributed by atoms with Crippen LogP contribution in [0.1, 0.15) is 43.0 Å². The summed E-state index contributed by atoms with van der Waals surface area (Å²) in [6.45, 7) is 5.71. The van der Waals surface area contributed by atoms with Gasteiger partial charge in [-0.3, -0.25) is 5.14 Å². The van der Waals surface area contributed by atoms with Gasteiger partial charge >= 0.3 is 0 Å². The van der Waals surface area contributed by atoms with Crippen LogP contribution in [-0.2, 0) is 12.3 Å². The van der Waals surface area contributed by atoms with Gasteiger partial charge in [-0.15, -0.1) is 0 Å². The Kier molecular flexibility index (Phi) is 6.26. The molecule has 0 spiro atoms. The third-order valence-electron chi connectivity index (χ3n) is 6.23. The molecule has 2 aliphatic rings. The molecule has 0 bridgehead atoms. The van der Waals surface area contributed by atoms with Crippen LogP contribution in [0.25, 0.3) is 5.70 Å². The molecule has 178 valence electrons. The number of pyridine rings is 2. The molecule has 0 amide bonds. The number of nitrogens with one attached hydrogen (secondary N) is 1. The van der Waals surface area contributed by atoms with Crippen molar-refractivity contribution < 1.29 is 17.6 Å². The van der Waals surface area contributed by atoms with Gasteiger partial charge in [0, 0.05) is 60.6 Å². The van der Waals surface area contributed by atoms with Crippen LogP contribution in [0, 0.1) is 5.92 Å². The lowest BCUT2D eigenvalue weighted by Gasteiger charge is -2.39. The van der Waals surface area contributed by atoms with E-state index < -0.39 is 28.4 Å². The van der Waals surface area contributed by atoms with E-state index >= 15 is 0 Å².